The summed E-state index contributed by atoms with van der Waals surface area (Å²) in [5, 5.41) is 12.4. The summed E-state index contributed by atoms with van der Waals surface area (Å²) in [7, 11) is -0.757. The molecule has 0 saturated carbocycles. The summed E-state index contributed by atoms with van der Waals surface area (Å²) in [6.07, 6.45) is 2.62. The molecule has 0 aliphatic carbocycles. The van der Waals surface area contributed by atoms with Crippen molar-refractivity contribution in [2.45, 2.75) is 25.1 Å². The molecule has 92 valence electrons. The van der Waals surface area contributed by atoms with E-state index in [4.69, 9.17) is 5.26 Å². The average molecular weight is 250 g/mol. The number of nitrogens with one attached hydrogen (secondary N) is 1. The van der Waals surface area contributed by atoms with Gasteiger partial charge in [-0.15, -0.1) is 0 Å². The highest BCUT2D eigenvalue weighted by atomic mass is 32.2. The van der Waals surface area contributed by atoms with Gasteiger partial charge in [0.2, 0.25) is 0 Å². The standard InChI is InChI=1S/C13H18N2OS/c1-11(17(2)16)7-8-15-10-13-6-4-3-5-12(13)9-14/h3-6,11,15H,7-8,10H2,1-2H3. The first-order chi connectivity index (χ1) is 8.15. The molecule has 1 N–H and O–H groups in total. The van der Waals surface area contributed by atoms with Crippen LogP contribution in [0, 0.1) is 11.3 Å². The third-order valence-electron chi connectivity index (χ3n) is 2.75. The molecule has 0 spiro atoms. The van der Waals surface area contributed by atoms with Gasteiger partial charge in [0.05, 0.1) is 11.6 Å². The van der Waals surface area contributed by atoms with Crippen molar-refractivity contribution in [2.24, 2.45) is 0 Å². The van der Waals surface area contributed by atoms with Crippen molar-refractivity contribution in [1.82, 2.24) is 5.32 Å². The van der Waals surface area contributed by atoms with Crippen molar-refractivity contribution in [3.8, 4) is 6.07 Å². The first-order valence-corrected chi connectivity index (χ1v) is 7.28. The van der Waals surface area contributed by atoms with Crippen LogP contribution in [-0.4, -0.2) is 22.3 Å². The summed E-state index contributed by atoms with van der Waals surface area (Å²) in [5.74, 6) is 0. The molecule has 0 bridgehead atoms. The Labute approximate surface area is 105 Å². The second-order valence-electron chi connectivity index (χ2n) is 4.04. The quantitative estimate of drug-likeness (QED) is 0.783. The predicted molar refractivity (Wildman–Crippen MR) is 71.0 cm³/mol. The number of rotatable bonds is 6. The van der Waals surface area contributed by atoms with Gasteiger partial charge in [-0.3, -0.25) is 4.21 Å². The number of nitrogens with zero attached hydrogens (tertiary/aromatic N) is 1. The minimum absolute atomic E-state index is 0.216. The summed E-state index contributed by atoms with van der Waals surface area (Å²) >= 11 is 0. The lowest BCUT2D eigenvalue weighted by atomic mass is 10.1. The van der Waals surface area contributed by atoms with Gasteiger partial charge in [-0.1, -0.05) is 25.1 Å². The molecule has 0 aliphatic rings. The highest BCUT2D eigenvalue weighted by Crippen LogP contribution is 2.06. The smallest absolute Gasteiger partial charge is 0.0995 e. The largest absolute Gasteiger partial charge is 0.313 e. The molecule has 4 heteroatoms. The van der Waals surface area contributed by atoms with Gasteiger partial charge in [-0.05, 0) is 24.6 Å². The van der Waals surface area contributed by atoms with Crippen LogP contribution < -0.4 is 5.32 Å². The molecule has 1 rings (SSSR count). The first-order valence-electron chi connectivity index (χ1n) is 5.66. The van der Waals surface area contributed by atoms with Crippen molar-refractivity contribution >= 4 is 10.8 Å². The molecule has 2 unspecified atom stereocenters. The normalized spacial score (nSPS) is 13.9. The topological polar surface area (TPSA) is 52.9 Å². The van der Waals surface area contributed by atoms with Crippen molar-refractivity contribution in [1.29, 1.82) is 5.26 Å². The van der Waals surface area contributed by atoms with Crippen LogP contribution in [0.3, 0.4) is 0 Å². The van der Waals surface area contributed by atoms with Crippen LogP contribution in [0.5, 0.6) is 0 Å². The fourth-order valence-corrected chi connectivity index (χ4v) is 1.93. The van der Waals surface area contributed by atoms with Crippen LogP contribution in [0.4, 0.5) is 0 Å². The predicted octanol–water partition coefficient (Wildman–Crippen LogP) is 1.80. The Kier molecular flexibility index (Phi) is 5.88. The molecule has 17 heavy (non-hydrogen) atoms. The number of nitriles is 1. The first kappa shape index (κ1) is 13.9. The zero-order valence-electron chi connectivity index (χ0n) is 10.3. The Bertz CT molecular complexity index is 426. The van der Waals surface area contributed by atoms with Gasteiger partial charge >= 0.3 is 0 Å². The Morgan fingerprint density at radius 1 is 1.47 bits per heavy atom. The molecule has 1 aromatic carbocycles. The zero-order chi connectivity index (χ0) is 12.7. The van der Waals surface area contributed by atoms with Gasteiger partial charge in [0.25, 0.3) is 0 Å². The molecule has 0 aliphatic heterocycles. The molecule has 0 heterocycles. The minimum Gasteiger partial charge on any atom is -0.313 e. The van der Waals surface area contributed by atoms with Crippen LogP contribution in [0.2, 0.25) is 0 Å². The van der Waals surface area contributed by atoms with E-state index >= 15 is 0 Å². The lowest BCUT2D eigenvalue weighted by Crippen LogP contribution is -2.21. The van der Waals surface area contributed by atoms with Crippen LogP contribution in [0.25, 0.3) is 0 Å². The van der Waals surface area contributed by atoms with Crippen molar-refractivity contribution in [3.63, 3.8) is 0 Å². The molecule has 0 radical (unpaired) electrons. The molecule has 0 fully saturated rings. The summed E-state index contributed by atoms with van der Waals surface area (Å²) in [6.45, 7) is 3.49. The van der Waals surface area contributed by atoms with Crippen LogP contribution in [0.1, 0.15) is 24.5 Å². The molecular weight excluding hydrogens is 232 g/mol. The van der Waals surface area contributed by atoms with E-state index in [0.717, 1.165) is 18.5 Å². The van der Waals surface area contributed by atoms with Gasteiger partial charge in [0.1, 0.15) is 0 Å². The lowest BCUT2D eigenvalue weighted by Gasteiger charge is -2.09. The zero-order valence-corrected chi connectivity index (χ0v) is 11.1. The Morgan fingerprint density at radius 3 is 2.82 bits per heavy atom. The number of hydrogen-bond donors (Lipinski definition) is 1. The van der Waals surface area contributed by atoms with Gasteiger partial charge in [0, 0.05) is 28.9 Å². The maximum Gasteiger partial charge on any atom is 0.0995 e. The second-order valence-corrected chi connectivity index (χ2v) is 5.85. The van der Waals surface area contributed by atoms with E-state index < -0.39 is 10.8 Å². The average Bonchev–Trinajstić information content (AvgIpc) is 2.34. The minimum atomic E-state index is -0.757. The van der Waals surface area contributed by atoms with E-state index in [1.807, 2.05) is 31.2 Å². The highest BCUT2D eigenvalue weighted by molar-refractivity contribution is 7.84. The van der Waals surface area contributed by atoms with Gasteiger partial charge < -0.3 is 5.32 Å². The Balaban J connectivity index is 2.37. The fraction of sp³-hybridized carbons (Fsp3) is 0.462. The molecule has 0 amide bonds. The molecule has 3 nitrogen and oxygen atoms in total. The van der Waals surface area contributed by atoms with Crippen LogP contribution >= 0.6 is 0 Å². The van der Waals surface area contributed by atoms with Crippen molar-refractivity contribution in [2.75, 3.05) is 12.8 Å². The van der Waals surface area contributed by atoms with Gasteiger partial charge in [-0.25, -0.2) is 0 Å². The summed E-state index contributed by atoms with van der Waals surface area (Å²) in [4.78, 5) is 0. The third-order valence-corrected chi connectivity index (χ3v) is 4.12. The maximum atomic E-state index is 11.1. The van der Waals surface area contributed by atoms with E-state index in [2.05, 4.69) is 11.4 Å². The number of benzene rings is 1. The van der Waals surface area contributed by atoms with Gasteiger partial charge in [0.15, 0.2) is 0 Å². The van der Waals surface area contributed by atoms with Crippen LogP contribution in [-0.2, 0) is 17.3 Å². The summed E-state index contributed by atoms with van der Waals surface area (Å²) in [6, 6.07) is 9.74. The molecule has 1 aromatic rings. The van der Waals surface area contributed by atoms with Crippen molar-refractivity contribution in [3.05, 3.63) is 35.4 Å². The molecule has 0 saturated heterocycles. The summed E-state index contributed by atoms with van der Waals surface area (Å²) < 4.78 is 11.1. The second kappa shape index (κ2) is 7.21. The van der Waals surface area contributed by atoms with E-state index in [0.29, 0.717) is 12.1 Å². The Morgan fingerprint density at radius 2 is 2.18 bits per heavy atom. The molecular formula is C13H18N2OS. The van der Waals surface area contributed by atoms with E-state index in [1.165, 1.54) is 0 Å². The summed E-state index contributed by atoms with van der Waals surface area (Å²) in [5.41, 5.74) is 1.73. The van der Waals surface area contributed by atoms with Crippen molar-refractivity contribution < 1.29 is 4.21 Å². The fourth-order valence-electron chi connectivity index (χ4n) is 1.48. The number of hydrogen-bond acceptors (Lipinski definition) is 3. The van der Waals surface area contributed by atoms with E-state index in [9.17, 15) is 4.21 Å². The van der Waals surface area contributed by atoms with Crippen LogP contribution in [0.15, 0.2) is 24.3 Å². The van der Waals surface area contributed by atoms with E-state index in [1.54, 1.807) is 6.26 Å². The SMILES string of the molecule is CC(CCNCc1ccccc1C#N)S(C)=O. The molecule has 0 aromatic heterocycles. The monoisotopic (exact) mass is 250 g/mol. The molecule has 2 atom stereocenters. The lowest BCUT2D eigenvalue weighted by molar-refractivity contribution is 0.628. The van der Waals surface area contributed by atoms with E-state index in [-0.39, 0.29) is 5.25 Å². The highest BCUT2D eigenvalue weighted by Gasteiger charge is 2.05. The third kappa shape index (κ3) is 4.68. The van der Waals surface area contributed by atoms with Gasteiger partial charge in [-0.2, -0.15) is 5.26 Å². The maximum absolute atomic E-state index is 11.1. The Hall–Kier alpha value is -1.18.